The zero-order chi connectivity index (χ0) is 9.86. The van der Waals surface area contributed by atoms with Crippen LogP contribution in [-0.4, -0.2) is 34.5 Å². The van der Waals surface area contributed by atoms with E-state index in [9.17, 15) is 5.11 Å². The van der Waals surface area contributed by atoms with Gasteiger partial charge in [0.25, 0.3) is 0 Å². The van der Waals surface area contributed by atoms with Crippen molar-refractivity contribution in [2.24, 2.45) is 5.41 Å². The summed E-state index contributed by atoms with van der Waals surface area (Å²) in [6.45, 7) is 1.66. The van der Waals surface area contributed by atoms with Crippen LogP contribution in [0.25, 0.3) is 0 Å². The third-order valence-corrected chi connectivity index (χ3v) is 3.36. The summed E-state index contributed by atoms with van der Waals surface area (Å²) >= 11 is 1.40. The molecule has 0 aromatic carbocycles. The average molecular weight is 214 g/mol. The number of aliphatic hydroxyl groups excluding tert-OH is 1. The van der Waals surface area contributed by atoms with Gasteiger partial charge < -0.3 is 9.84 Å². The second-order valence-corrected chi connectivity index (χ2v) is 4.75. The second-order valence-electron chi connectivity index (χ2n) is 3.87. The Kier molecular flexibility index (Phi) is 3.10. The Balaban J connectivity index is 2.04. The van der Waals surface area contributed by atoms with Gasteiger partial charge in [-0.05, 0) is 30.8 Å². The summed E-state index contributed by atoms with van der Waals surface area (Å²) < 4.78 is 9.25. The van der Waals surface area contributed by atoms with E-state index in [4.69, 9.17) is 4.74 Å². The van der Waals surface area contributed by atoms with Gasteiger partial charge in [-0.25, -0.2) is 0 Å². The van der Waals surface area contributed by atoms with E-state index in [-0.39, 0.29) is 12.0 Å². The smallest absolute Gasteiger partial charge is 0.0653 e. The van der Waals surface area contributed by atoms with E-state index < -0.39 is 0 Å². The number of nitrogens with zero attached hydrogens (tertiary/aromatic N) is 2. The average Bonchev–Trinajstić information content (AvgIpc) is 2.72. The molecule has 1 aliphatic heterocycles. The fourth-order valence-corrected chi connectivity index (χ4v) is 2.53. The van der Waals surface area contributed by atoms with Gasteiger partial charge >= 0.3 is 0 Å². The minimum atomic E-state index is -0.0908. The van der Waals surface area contributed by atoms with E-state index in [0.29, 0.717) is 6.61 Å². The van der Waals surface area contributed by atoms with E-state index in [1.807, 2.05) is 0 Å². The van der Waals surface area contributed by atoms with Crippen LogP contribution < -0.4 is 0 Å². The van der Waals surface area contributed by atoms with Gasteiger partial charge in [-0.2, -0.15) is 0 Å². The quantitative estimate of drug-likeness (QED) is 0.811. The van der Waals surface area contributed by atoms with E-state index in [1.54, 1.807) is 6.20 Å². The molecule has 0 bridgehead atoms. The van der Waals surface area contributed by atoms with Crippen molar-refractivity contribution in [1.82, 2.24) is 9.59 Å². The molecule has 1 aromatic heterocycles. The number of aliphatic hydroxyl groups is 1. The van der Waals surface area contributed by atoms with E-state index in [1.165, 1.54) is 11.5 Å². The van der Waals surface area contributed by atoms with Gasteiger partial charge in [0.1, 0.15) is 0 Å². The topological polar surface area (TPSA) is 55.2 Å². The van der Waals surface area contributed by atoms with Crippen LogP contribution in [0.3, 0.4) is 0 Å². The van der Waals surface area contributed by atoms with E-state index >= 15 is 0 Å². The second kappa shape index (κ2) is 4.33. The van der Waals surface area contributed by atoms with Gasteiger partial charge in [-0.1, -0.05) is 4.49 Å². The molecular weight excluding hydrogens is 200 g/mol. The Morgan fingerprint density at radius 1 is 1.64 bits per heavy atom. The number of hydrogen-bond acceptors (Lipinski definition) is 5. The molecule has 1 saturated heterocycles. The Morgan fingerprint density at radius 3 is 3.14 bits per heavy atom. The Bertz CT molecular complexity index is 270. The molecule has 78 valence electrons. The zero-order valence-corrected chi connectivity index (χ0v) is 8.79. The van der Waals surface area contributed by atoms with Crippen molar-refractivity contribution < 1.29 is 9.84 Å². The van der Waals surface area contributed by atoms with Crippen molar-refractivity contribution in [1.29, 1.82) is 0 Å². The first kappa shape index (κ1) is 10.0. The summed E-state index contributed by atoms with van der Waals surface area (Å²) in [6, 6.07) is 0. The molecule has 0 saturated carbocycles. The van der Waals surface area contributed by atoms with Crippen molar-refractivity contribution in [3.05, 3.63) is 11.1 Å². The maximum Gasteiger partial charge on any atom is 0.0653 e. The molecule has 4 nitrogen and oxygen atoms in total. The molecule has 1 atom stereocenters. The van der Waals surface area contributed by atoms with Crippen LogP contribution in [0.15, 0.2) is 6.20 Å². The highest BCUT2D eigenvalue weighted by Gasteiger charge is 2.33. The molecule has 0 aliphatic carbocycles. The summed E-state index contributed by atoms with van der Waals surface area (Å²) in [4.78, 5) is 1.13. The summed E-state index contributed by atoms with van der Waals surface area (Å²) in [5.41, 5.74) is -0.0908. The van der Waals surface area contributed by atoms with Crippen molar-refractivity contribution in [2.75, 3.05) is 19.8 Å². The zero-order valence-electron chi connectivity index (χ0n) is 7.98. The van der Waals surface area contributed by atoms with Crippen LogP contribution in [-0.2, 0) is 11.2 Å². The summed E-state index contributed by atoms with van der Waals surface area (Å²) in [6.07, 6.45) is 4.67. The molecule has 1 N–H and O–H groups in total. The monoisotopic (exact) mass is 214 g/mol. The minimum Gasteiger partial charge on any atom is -0.396 e. The van der Waals surface area contributed by atoms with E-state index in [0.717, 1.165) is 30.7 Å². The molecule has 0 radical (unpaired) electrons. The van der Waals surface area contributed by atoms with E-state index in [2.05, 4.69) is 9.59 Å². The van der Waals surface area contributed by atoms with Gasteiger partial charge in [0.05, 0.1) is 19.4 Å². The standard InChI is InChI=1S/C9H14N2O2S/c12-6-9(2-1-3-13-7-9)4-8-5-10-11-14-8/h5,12H,1-4,6-7H2. The molecule has 5 heteroatoms. The Hall–Kier alpha value is -0.520. The Labute approximate surface area is 87.1 Å². The van der Waals surface area contributed by atoms with Gasteiger partial charge in [0, 0.05) is 16.9 Å². The largest absolute Gasteiger partial charge is 0.396 e. The molecule has 1 aliphatic rings. The molecule has 14 heavy (non-hydrogen) atoms. The predicted octanol–water partition coefficient (Wildman–Crippen LogP) is 0.870. The molecule has 2 heterocycles. The van der Waals surface area contributed by atoms with Crippen molar-refractivity contribution in [3.8, 4) is 0 Å². The van der Waals surface area contributed by atoms with Crippen LogP contribution in [0.5, 0.6) is 0 Å². The summed E-state index contributed by atoms with van der Waals surface area (Å²) in [5.74, 6) is 0. The molecule has 0 spiro atoms. The maximum absolute atomic E-state index is 9.42. The predicted molar refractivity (Wildman–Crippen MR) is 53.2 cm³/mol. The maximum atomic E-state index is 9.42. The van der Waals surface area contributed by atoms with Crippen molar-refractivity contribution in [3.63, 3.8) is 0 Å². The lowest BCUT2D eigenvalue weighted by Gasteiger charge is -2.34. The molecule has 1 aromatic rings. The lowest BCUT2D eigenvalue weighted by molar-refractivity contribution is -0.0375. The minimum absolute atomic E-state index is 0.0908. The third-order valence-electron chi connectivity index (χ3n) is 2.70. The van der Waals surface area contributed by atoms with Gasteiger partial charge in [0.15, 0.2) is 0 Å². The van der Waals surface area contributed by atoms with Gasteiger partial charge in [-0.3, -0.25) is 0 Å². The highest BCUT2D eigenvalue weighted by molar-refractivity contribution is 7.05. The molecular formula is C9H14N2O2S. The molecule has 0 amide bonds. The number of hydrogen-bond donors (Lipinski definition) is 1. The Morgan fingerprint density at radius 2 is 2.57 bits per heavy atom. The highest BCUT2D eigenvalue weighted by Crippen LogP contribution is 2.32. The first-order valence-electron chi connectivity index (χ1n) is 4.79. The molecule has 2 rings (SSSR count). The number of aromatic nitrogens is 2. The van der Waals surface area contributed by atoms with Crippen molar-refractivity contribution in [2.45, 2.75) is 19.3 Å². The van der Waals surface area contributed by atoms with Crippen LogP contribution in [0.2, 0.25) is 0 Å². The summed E-state index contributed by atoms with van der Waals surface area (Å²) in [5, 5.41) is 13.2. The van der Waals surface area contributed by atoms with Gasteiger partial charge in [-0.15, -0.1) is 5.10 Å². The first-order chi connectivity index (χ1) is 6.85. The van der Waals surface area contributed by atoms with Crippen LogP contribution in [0, 0.1) is 5.41 Å². The van der Waals surface area contributed by atoms with Crippen LogP contribution in [0.4, 0.5) is 0 Å². The van der Waals surface area contributed by atoms with Gasteiger partial charge in [0.2, 0.25) is 0 Å². The lowest BCUT2D eigenvalue weighted by Crippen LogP contribution is -2.37. The first-order valence-corrected chi connectivity index (χ1v) is 5.57. The highest BCUT2D eigenvalue weighted by atomic mass is 32.1. The summed E-state index contributed by atoms with van der Waals surface area (Å²) in [7, 11) is 0. The van der Waals surface area contributed by atoms with Crippen LogP contribution >= 0.6 is 11.5 Å². The SMILES string of the molecule is OCC1(Cc2cnns2)CCCOC1. The lowest BCUT2D eigenvalue weighted by atomic mass is 9.80. The fourth-order valence-electron chi connectivity index (χ4n) is 1.87. The normalized spacial score (nSPS) is 27.8. The third kappa shape index (κ3) is 2.10. The molecule has 1 unspecified atom stereocenters. The van der Waals surface area contributed by atoms with Crippen molar-refractivity contribution >= 4 is 11.5 Å². The number of rotatable bonds is 3. The fraction of sp³-hybridized carbons (Fsp3) is 0.778. The molecule has 1 fully saturated rings. The van der Waals surface area contributed by atoms with Crippen LogP contribution in [0.1, 0.15) is 17.7 Å². The number of ether oxygens (including phenoxy) is 1.